The molecule has 29 heavy (non-hydrogen) atoms. The van der Waals surface area contributed by atoms with Crippen LogP contribution in [-0.2, 0) is 19.1 Å². The number of hydrogen-bond acceptors (Lipinski definition) is 5. The molecule has 0 aromatic heterocycles. The lowest BCUT2D eigenvalue weighted by Crippen LogP contribution is -2.69. The van der Waals surface area contributed by atoms with E-state index in [0.717, 1.165) is 16.7 Å². The van der Waals surface area contributed by atoms with Crippen molar-refractivity contribution in [1.29, 1.82) is 0 Å². The van der Waals surface area contributed by atoms with Gasteiger partial charge in [0.2, 0.25) is 6.41 Å². The average Bonchev–Trinajstić information content (AvgIpc) is 2.76. The molecule has 7 heteroatoms. The summed E-state index contributed by atoms with van der Waals surface area (Å²) in [7, 11) is 0. The molecule has 0 saturated carbocycles. The highest BCUT2D eigenvalue weighted by Crippen LogP contribution is 2.41. The highest BCUT2D eigenvalue weighted by atomic mass is 32.2. The number of carbonyl (C=O) groups excluding carboxylic acids is 3. The van der Waals surface area contributed by atoms with Crippen molar-refractivity contribution in [2.24, 2.45) is 0 Å². The number of ether oxygens (including phenoxy) is 1. The van der Waals surface area contributed by atoms with Crippen LogP contribution in [0.2, 0.25) is 0 Å². The molecule has 0 spiro atoms. The Bertz CT molecular complexity index is 922. The Labute approximate surface area is 172 Å². The maximum atomic E-state index is 13.2. The van der Waals surface area contributed by atoms with Crippen molar-refractivity contribution in [1.82, 2.24) is 10.2 Å². The normalized spacial score (nSPS) is 20.8. The number of rotatable bonds is 6. The van der Waals surface area contributed by atoms with Gasteiger partial charge in [-0.25, -0.2) is 4.79 Å². The minimum absolute atomic E-state index is 0.277. The van der Waals surface area contributed by atoms with Crippen molar-refractivity contribution in [2.75, 3.05) is 5.75 Å². The predicted octanol–water partition coefficient (Wildman–Crippen LogP) is 2.62. The van der Waals surface area contributed by atoms with E-state index >= 15 is 0 Å². The molecule has 148 valence electrons. The first-order chi connectivity index (χ1) is 14.1. The van der Waals surface area contributed by atoms with Crippen LogP contribution in [0.5, 0.6) is 0 Å². The Morgan fingerprint density at radius 1 is 1.14 bits per heavy atom. The zero-order chi connectivity index (χ0) is 20.4. The highest BCUT2D eigenvalue weighted by molar-refractivity contribution is 8.00. The second-order valence-corrected chi connectivity index (χ2v) is 8.01. The van der Waals surface area contributed by atoms with Crippen molar-refractivity contribution in [3.63, 3.8) is 0 Å². The van der Waals surface area contributed by atoms with Crippen molar-refractivity contribution in [2.45, 2.75) is 24.4 Å². The van der Waals surface area contributed by atoms with Gasteiger partial charge in [0.1, 0.15) is 17.1 Å². The predicted molar refractivity (Wildman–Crippen MR) is 110 cm³/mol. The molecule has 0 unspecified atom stereocenters. The molecule has 0 radical (unpaired) electrons. The maximum absolute atomic E-state index is 13.2. The van der Waals surface area contributed by atoms with E-state index in [2.05, 4.69) is 5.32 Å². The van der Waals surface area contributed by atoms with E-state index in [0.29, 0.717) is 12.2 Å². The standard InChI is InChI=1S/C22H20N2O4S/c1-14-12-29-21-17(23-13-25)20(26)24(21)18(14)22(27)28-19(15-8-4-2-5-9-15)16-10-6-3-7-11-16/h2-11,13,17,19,21H,12H2,1H3,(H,23,25)/t17-,21-/m1/s1. The van der Waals surface area contributed by atoms with E-state index in [4.69, 9.17) is 4.74 Å². The largest absolute Gasteiger partial charge is 0.448 e. The van der Waals surface area contributed by atoms with Crippen molar-refractivity contribution in [3.05, 3.63) is 83.1 Å². The van der Waals surface area contributed by atoms with Crippen molar-refractivity contribution < 1.29 is 19.1 Å². The summed E-state index contributed by atoms with van der Waals surface area (Å²) >= 11 is 1.52. The topological polar surface area (TPSA) is 75.7 Å². The van der Waals surface area contributed by atoms with Crippen LogP contribution in [0.4, 0.5) is 0 Å². The highest BCUT2D eigenvalue weighted by Gasteiger charge is 2.53. The molecule has 0 aliphatic carbocycles. The third kappa shape index (κ3) is 3.53. The van der Waals surface area contributed by atoms with Crippen LogP contribution in [0.15, 0.2) is 71.9 Å². The third-order valence-electron chi connectivity index (χ3n) is 5.03. The molecule has 0 bridgehead atoms. The van der Waals surface area contributed by atoms with Crippen molar-refractivity contribution in [3.8, 4) is 0 Å². The van der Waals surface area contributed by atoms with Crippen LogP contribution in [0.1, 0.15) is 24.2 Å². The fourth-order valence-corrected chi connectivity index (χ4v) is 4.91. The Morgan fingerprint density at radius 2 is 1.72 bits per heavy atom. The van der Waals surface area contributed by atoms with Gasteiger partial charge in [-0.1, -0.05) is 60.7 Å². The summed E-state index contributed by atoms with van der Waals surface area (Å²) in [6.07, 6.45) is -0.0664. The van der Waals surface area contributed by atoms with E-state index in [1.54, 1.807) is 0 Å². The van der Waals surface area contributed by atoms with Gasteiger partial charge in [-0.3, -0.25) is 14.5 Å². The van der Waals surface area contributed by atoms with E-state index < -0.39 is 18.1 Å². The molecule has 1 N–H and O–H groups in total. The fraction of sp³-hybridized carbons (Fsp3) is 0.227. The lowest BCUT2D eigenvalue weighted by atomic mass is 10.0. The second-order valence-electron chi connectivity index (χ2n) is 6.91. The van der Waals surface area contributed by atoms with E-state index in [-0.39, 0.29) is 17.0 Å². The number of amides is 2. The third-order valence-corrected chi connectivity index (χ3v) is 6.45. The van der Waals surface area contributed by atoms with Crippen LogP contribution < -0.4 is 5.32 Å². The molecule has 2 aromatic rings. The van der Waals surface area contributed by atoms with Gasteiger partial charge >= 0.3 is 5.97 Å². The van der Waals surface area contributed by atoms with Gasteiger partial charge < -0.3 is 10.1 Å². The molecule has 6 nitrogen and oxygen atoms in total. The van der Waals surface area contributed by atoms with Crippen LogP contribution in [0.3, 0.4) is 0 Å². The summed E-state index contributed by atoms with van der Waals surface area (Å²) in [5, 5.41) is 2.24. The molecule has 2 atom stereocenters. The second kappa shape index (κ2) is 8.13. The first-order valence-corrected chi connectivity index (χ1v) is 10.3. The number of carbonyl (C=O) groups is 3. The number of nitrogens with zero attached hydrogens (tertiary/aromatic N) is 1. The molecule has 1 fully saturated rings. The Morgan fingerprint density at radius 3 is 2.28 bits per heavy atom. The number of β-lactam (4-membered cyclic amide) rings is 1. The smallest absolute Gasteiger partial charge is 0.356 e. The number of nitrogens with one attached hydrogen (secondary N) is 1. The van der Waals surface area contributed by atoms with Crippen LogP contribution in [-0.4, -0.2) is 40.4 Å². The Kier molecular flexibility index (Phi) is 5.40. The summed E-state index contributed by atoms with van der Waals surface area (Å²) in [5.74, 6) is -0.239. The molecule has 1 saturated heterocycles. The first-order valence-electron chi connectivity index (χ1n) is 9.27. The number of esters is 1. The van der Waals surface area contributed by atoms with Gasteiger partial charge in [0.05, 0.1) is 0 Å². The van der Waals surface area contributed by atoms with E-state index in [1.165, 1.54) is 16.7 Å². The summed E-state index contributed by atoms with van der Waals surface area (Å²) in [4.78, 5) is 37.9. The number of hydrogen-bond donors (Lipinski definition) is 1. The van der Waals surface area contributed by atoms with Gasteiger partial charge in [0.25, 0.3) is 5.91 Å². The quantitative estimate of drug-likeness (QED) is 0.452. The maximum Gasteiger partial charge on any atom is 0.356 e. The zero-order valence-corrected chi connectivity index (χ0v) is 16.6. The number of thioether (sulfide) groups is 1. The number of benzene rings is 2. The monoisotopic (exact) mass is 408 g/mol. The summed E-state index contributed by atoms with van der Waals surface area (Å²) in [6, 6.07) is 18.4. The molecular formula is C22H20N2O4S. The minimum Gasteiger partial charge on any atom is -0.448 e. The minimum atomic E-state index is -0.604. The molecule has 4 rings (SSSR count). The molecule has 2 aliphatic rings. The van der Waals surface area contributed by atoms with E-state index in [1.807, 2.05) is 67.6 Å². The van der Waals surface area contributed by atoms with Gasteiger partial charge in [0, 0.05) is 5.75 Å². The molecule has 2 amide bonds. The summed E-state index contributed by atoms with van der Waals surface area (Å²) < 4.78 is 5.94. The molecular weight excluding hydrogens is 388 g/mol. The summed E-state index contributed by atoms with van der Waals surface area (Å²) in [5.41, 5.74) is 2.76. The molecule has 2 aromatic carbocycles. The van der Waals surface area contributed by atoms with Gasteiger partial charge in [-0.15, -0.1) is 11.8 Å². The number of fused-ring (bicyclic) bond motifs is 1. The fourth-order valence-electron chi connectivity index (χ4n) is 3.60. The Hall–Kier alpha value is -3.06. The van der Waals surface area contributed by atoms with Gasteiger partial charge in [0.15, 0.2) is 6.10 Å². The Balaban J connectivity index is 1.62. The van der Waals surface area contributed by atoms with Crippen LogP contribution in [0, 0.1) is 0 Å². The summed E-state index contributed by atoms with van der Waals surface area (Å²) in [6.45, 7) is 1.83. The van der Waals surface area contributed by atoms with Crippen molar-refractivity contribution >= 4 is 30.0 Å². The SMILES string of the molecule is CC1=C(C(=O)OC(c2ccccc2)c2ccccc2)N2C(=O)[C@@H](NC=O)[C@H]2SC1. The first kappa shape index (κ1) is 19.3. The van der Waals surface area contributed by atoms with Gasteiger partial charge in [-0.2, -0.15) is 0 Å². The van der Waals surface area contributed by atoms with E-state index in [9.17, 15) is 14.4 Å². The molecule has 2 aliphatic heterocycles. The van der Waals surface area contributed by atoms with Gasteiger partial charge in [-0.05, 0) is 23.6 Å². The average molecular weight is 408 g/mol. The van der Waals surface area contributed by atoms with Crippen LogP contribution in [0.25, 0.3) is 0 Å². The lowest BCUT2D eigenvalue weighted by molar-refractivity contribution is -0.154. The molecule has 2 heterocycles. The lowest BCUT2D eigenvalue weighted by Gasteiger charge is -2.49. The van der Waals surface area contributed by atoms with Crippen LogP contribution >= 0.6 is 11.8 Å². The zero-order valence-electron chi connectivity index (χ0n) is 15.8.